The van der Waals surface area contributed by atoms with Crippen LogP contribution in [0.5, 0.6) is 0 Å². The molecule has 2 aromatic rings. The maximum Gasteiger partial charge on any atom is 0.226 e. The maximum atomic E-state index is 11.4. The molecule has 0 fully saturated rings. The predicted octanol–water partition coefficient (Wildman–Crippen LogP) is 2.42. The monoisotopic (exact) mass is 204 g/mol. The lowest BCUT2D eigenvalue weighted by Crippen LogP contribution is -2.17. The van der Waals surface area contributed by atoms with E-state index in [0.29, 0.717) is 0 Å². The lowest BCUT2D eigenvalue weighted by atomic mass is 10.2. The van der Waals surface area contributed by atoms with Crippen molar-refractivity contribution in [3.8, 4) is 0 Å². The number of carbonyl (C=O) groups excluding carboxylic acids is 1. The molecule has 4 heteroatoms. The van der Waals surface area contributed by atoms with Crippen molar-refractivity contribution in [2.24, 2.45) is 5.92 Å². The van der Waals surface area contributed by atoms with Crippen molar-refractivity contribution in [3.05, 3.63) is 24.6 Å². The number of hydrogen-bond acceptors (Lipinski definition) is 3. The molecule has 1 aromatic heterocycles. The Morgan fingerprint density at radius 1 is 1.47 bits per heavy atom. The molecule has 2 rings (SSSR count). The minimum Gasteiger partial charge on any atom is -0.443 e. The van der Waals surface area contributed by atoms with Gasteiger partial charge >= 0.3 is 0 Å². The van der Waals surface area contributed by atoms with Crippen LogP contribution in [0, 0.1) is 5.92 Å². The summed E-state index contributed by atoms with van der Waals surface area (Å²) in [7, 11) is 0. The Labute approximate surface area is 87.3 Å². The third-order valence-electron chi connectivity index (χ3n) is 2.12. The molecule has 0 aliphatic carbocycles. The molecule has 0 bridgehead atoms. The van der Waals surface area contributed by atoms with Gasteiger partial charge in [-0.15, -0.1) is 0 Å². The molecule has 1 heterocycles. The zero-order valence-corrected chi connectivity index (χ0v) is 8.65. The summed E-state index contributed by atoms with van der Waals surface area (Å²) in [5.74, 6) is -0.0316. The molecule has 0 atom stereocenters. The van der Waals surface area contributed by atoms with E-state index >= 15 is 0 Å². The van der Waals surface area contributed by atoms with Crippen LogP contribution in [-0.4, -0.2) is 10.9 Å². The molecule has 1 amide bonds. The lowest BCUT2D eigenvalue weighted by Gasteiger charge is -2.06. The number of carbonyl (C=O) groups is 1. The number of fused-ring (bicyclic) bond motifs is 1. The molecule has 1 N–H and O–H groups in total. The van der Waals surface area contributed by atoms with Gasteiger partial charge in [0.2, 0.25) is 5.91 Å². The van der Waals surface area contributed by atoms with Crippen LogP contribution in [0.1, 0.15) is 13.8 Å². The van der Waals surface area contributed by atoms with Crippen molar-refractivity contribution in [3.63, 3.8) is 0 Å². The van der Waals surface area contributed by atoms with E-state index < -0.39 is 0 Å². The van der Waals surface area contributed by atoms with Gasteiger partial charge in [-0.2, -0.15) is 0 Å². The van der Waals surface area contributed by atoms with Crippen molar-refractivity contribution in [2.75, 3.05) is 5.32 Å². The number of hydrogen-bond donors (Lipinski definition) is 1. The number of benzene rings is 1. The highest BCUT2D eigenvalue weighted by Gasteiger charge is 2.07. The van der Waals surface area contributed by atoms with Gasteiger partial charge in [-0.05, 0) is 18.2 Å². The summed E-state index contributed by atoms with van der Waals surface area (Å²) in [4.78, 5) is 15.4. The van der Waals surface area contributed by atoms with E-state index in [0.717, 1.165) is 16.8 Å². The van der Waals surface area contributed by atoms with Crippen LogP contribution < -0.4 is 5.32 Å². The number of aromatic nitrogens is 1. The second kappa shape index (κ2) is 3.73. The minimum absolute atomic E-state index is 0.00200. The highest BCUT2D eigenvalue weighted by molar-refractivity contribution is 5.93. The van der Waals surface area contributed by atoms with Crippen LogP contribution in [0.2, 0.25) is 0 Å². The minimum atomic E-state index is -0.0296. The normalized spacial score (nSPS) is 10.9. The van der Waals surface area contributed by atoms with Gasteiger partial charge in [-0.1, -0.05) is 13.8 Å². The van der Waals surface area contributed by atoms with Crippen LogP contribution in [0.3, 0.4) is 0 Å². The van der Waals surface area contributed by atoms with Gasteiger partial charge in [-0.25, -0.2) is 4.98 Å². The van der Waals surface area contributed by atoms with E-state index in [1.807, 2.05) is 13.8 Å². The molecule has 4 nitrogen and oxygen atoms in total. The fraction of sp³-hybridized carbons (Fsp3) is 0.273. The Morgan fingerprint density at radius 2 is 2.27 bits per heavy atom. The molecule has 0 saturated carbocycles. The Kier molecular flexibility index (Phi) is 2.41. The number of rotatable bonds is 2. The Morgan fingerprint density at radius 3 is 3.00 bits per heavy atom. The standard InChI is InChI=1S/C11H12N2O2/c1-7(2)11(14)13-8-3-4-10-9(5-8)12-6-15-10/h3-7H,1-2H3,(H,13,14). The number of amides is 1. The second-order valence-electron chi connectivity index (χ2n) is 3.68. The first-order chi connectivity index (χ1) is 7.16. The smallest absolute Gasteiger partial charge is 0.226 e. The van der Waals surface area contributed by atoms with Crippen molar-refractivity contribution in [1.82, 2.24) is 4.98 Å². The summed E-state index contributed by atoms with van der Waals surface area (Å²) in [6.07, 6.45) is 1.39. The van der Waals surface area contributed by atoms with Crippen LogP contribution >= 0.6 is 0 Å². The average molecular weight is 204 g/mol. The number of nitrogens with one attached hydrogen (secondary N) is 1. The summed E-state index contributed by atoms with van der Waals surface area (Å²) in [5, 5.41) is 2.80. The maximum absolute atomic E-state index is 11.4. The molecule has 0 unspecified atom stereocenters. The fourth-order valence-corrected chi connectivity index (χ4v) is 1.22. The topological polar surface area (TPSA) is 55.1 Å². The Bertz CT molecular complexity index is 488. The number of nitrogens with zero attached hydrogens (tertiary/aromatic N) is 1. The highest BCUT2D eigenvalue weighted by atomic mass is 16.3. The molecular formula is C11H12N2O2. The number of oxazole rings is 1. The van der Waals surface area contributed by atoms with Gasteiger partial charge in [0.05, 0.1) is 0 Å². The summed E-state index contributed by atoms with van der Waals surface area (Å²) < 4.78 is 5.10. The predicted molar refractivity (Wildman–Crippen MR) is 57.5 cm³/mol. The SMILES string of the molecule is CC(C)C(=O)Nc1ccc2ocnc2c1. The van der Waals surface area contributed by atoms with Crippen molar-refractivity contribution in [1.29, 1.82) is 0 Å². The third kappa shape index (κ3) is 1.98. The van der Waals surface area contributed by atoms with Crippen LogP contribution in [-0.2, 0) is 4.79 Å². The van der Waals surface area contributed by atoms with Crippen LogP contribution in [0.25, 0.3) is 11.1 Å². The van der Waals surface area contributed by atoms with Crippen LogP contribution in [0.15, 0.2) is 29.0 Å². The third-order valence-corrected chi connectivity index (χ3v) is 2.12. The first kappa shape index (κ1) is 9.71. The molecule has 78 valence electrons. The second-order valence-corrected chi connectivity index (χ2v) is 3.68. The van der Waals surface area contributed by atoms with Crippen molar-refractivity contribution >= 4 is 22.7 Å². The van der Waals surface area contributed by atoms with Gasteiger partial charge in [0.1, 0.15) is 5.52 Å². The van der Waals surface area contributed by atoms with Gasteiger partial charge in [0.25, 0.3) is 0 Å². The van der Waals surface area contributed by atoms with E-state index in [9.17, 15) is 4.79 Å². The Balaban J connectivity index is 2.25. The molecular weight excluding hydrogens is 192 g/mol. The molecule has 0 saturated heterocycles. The summed E-state index contributed by atoms with van der Waals surface area (Å²) in [5.41, 5.74) is 2.21. The zero-order valence-electron chi connectivity index (χ0n) is 8.65. The highest BCUT2D eigenvalue weighted by Crippen LogP contribution is 2.17. The summed E-state index contributed by atoms with van der Waals surface area (Å²) >= 11 is 0. The van der Waals surface area contributed by atoms with E-state index in [2.05, 4.69) is 10.3 Å². The van der Waals surface area contributed by atoms with E-state index in [-0.39, 0.29) is 11.8 Å². The Hall–Kier alpha value is -1.84. The first-order valence-corrected chi connectivity index (χ1v) is 4.81. The summed E-state index contributed by atoms with van der Waals surface area (Å²) in [6.45, 7) is 3.70. The molecule has 0 aliphatic rings. The lowest BCUT2D eigenvalue weighted by molar-refractivity contribution is -0.118. The van der Waals surface area contributed by atoms with Gasteiger partial charge in [0, 0.05) is 11.6 Å². The largest absolute Gasteiger partial charge is 0.443 e. The number of anilines is 1. The fourth-order valence-electron chi connectivity index (χ4n) is 1.22. The zero-order chi connectivity index (χ0) is 10.8. The molecule has 0 radical (unpaired) electrons. The molecule has 1 aromatic carbocycles. The average Bonchev–Trinajstić information content (AvgIpc) is 2.64. The van der Waals surface area contributed by atoms with Gasteiger partial charge in [-0.3, -0.25) is 4.79 Å². The molecule has 0 aliphatic heterocycles. The van der Waals surface area contributed by atoms with E-state index in [1.165, 1.54) is 6.39 Å². The van der Waals surface area contributed by atoms with Crippen molar-refractivity contribution in [2.45, 2.75) is 13.8 Å². The van der Waals surface area contributed by atoms with Gasteiger partial charge < -0.3 is 9.73 Å². The van der Waals surface area contributed by atoms with E-state index in [1.54, 1.807) is 18.2 Å². The van der Waals surface area contributed by atoms with Crippen LogP contribution in [0.4, 0.5) is 5.69 Å². The first-order valence-electron chi connectivity index (χ1n) is 4.81. The molecule has 0 spiro atoms. The summed E-state index contributed by atoms with van der Waals surface area (Å²) in [6, 6.07) is 5.38. The van der Waals surface area contributed by atoms with Crippen molar-refractivity contribution < 1.29 is 9.21 Å². The van der Waals surface area contributed by atoms with E-state index in [4.69, 9.17) is 4.42 Å². The quantitative estimate of drug-likeness (QED) is 0.817. The molecule has 15 heavy (non-hydrogen) atoms. The van der Waals surface area contributed by atoms with Gasteiger partial charge in [0.15, 0.2) is 12.0 Å².